The van der Waals surface area contributed by atoms with Gasteiger partial charge in [-0.3, -0.25) is 14.7 Å². The molecule has 212 valence electrons. The number of pyridine rings is 2. The van der Waals surface area contributed by atoms with Crippen LogP contribution in [0.3, 0.4) is 0 Å². The number of carbonyl (C=O) groups is 1. The zero-order valence-electron chi connectivity index (χ0n) is 21.8. The minimum Gasteiger partial charge on any atom is -0.481 e. The molecule has 1 N–H and O–H groups in total. The van der Waals surface area contributed by atoms with Crippen molar-refractivity contribution in [2.75, 3.05) is 26.2 Å². The predicted molar refractivity (Wildman–Crippen MR) is 141 cm³/mol. The maximum absolute atomic E-state index is 15.0. The molecule has 1 unspecified atom stereocenters. The Morgan fingerprint density at radius 2 is 1.82 bits per heavy atom. The monoisotopic (exact) mass is 573 g/mol. The van der Waals surface area contributed by atoms with Crippen LogP contribution in [0.1, 0.15) is 48.3 Å². The van der Waals surface area contributed by atoms with E-state index in [1.807, 2.05) is 4.72 Å². The second kappa shape index (κ2) is 11.8. The summed E-state index contributed by atoms with van der Waals surface area (Å²) in [6.45, 7) is 3.33. The minimum absolute atomic E-state index is 0.214. The third-order valence-corrected chi connectivity index (χ3v) is 8.27. The fourth-order valence-electron chi connectivity index (χ4n) is 4.46. The van der Waals surface area contributed by atoms with Gasteiger partial charge < -0.3 is 9.47 Å². The maximum atomic E-state index is 15.0. The van der Waals surface area contributed by atoms with E-state index < -0.39 is 45.2 Å². The molecule has 3 heterocycles. The predicted octanol–water partition coefficient (Wildman–Crippen LogP) is 3.83. The number of aromatic nitrogens is 2. The second-order valence-corrected chi connectivity index (χ2v) is 11.2. The number of nitrogens with zero attached hydrogens (tertiary/aromatic N) is 4. The fraction of sp³-hybridized carbons (Fsp3) is 0.370. The van der Waals surface area contributed by atoms with E-state index in [-0.39, 0.29) is 13.1 Å². The van der Waals surface area contributed by atoms with Crippen LogP contribution in [0.15, 0.2) is 54.9 Å². The molecule has 0 radical (unpaired) electrons. The molecule has 5 rings (SSSR count). The van der Waals surface area contributed by atoms with Crippen LogP contribution in [0, 0.1) is 11.6 Å². The lowest BCUT2D eigenvalue weighted by atomic mass is 10.1. The van der Waals surface area contributed by atoms with E-state index in [1.54, 1.807) is 43.5 Å². The average Bonchev–Trinajstić information content (AvgIpc) is 3.81. The zero-order valence-corrected chi connectivity index (χ0v) is 22.6. The van der Waals surface area contributed by atoms with Gasteiger partial charge in [-0.1, -0.05) is 13.0 Å². The molecule has 2 aliphatic rings. The Morgan fingerprint density at radius 3 is 2.45 bits per heavy atom. The molecule has 1 atom stereocenters. The summed E-state index contributed by atoms with van der Waals surface area (Å²) >= 11 is 0. The van der Waals surface area contributed by atoms with E-state index in [0.29, 0.717) is 42.9 Å². The quantitative estimate of drug-likeness (QED) is 0.389. The van der Waals surface area contributed by atoms with Crippen molar-refractivity contribution in [1.29, 1.82) is 0 Å². The Bertz CT molecular complexity index is 1450. The van der Waals surface area contributed by atoms with Crippen molar-refractivity contribution in [3.8, 4) is 17.4 Å². The largest absolute Gasteiger partial charge is 0.481 e. The summed E-state index contributed by atoms with van der Waals surface area (Å²) < 4.78 is 69.6. The average molecular weight is 574 g/mol. The Balaban J connectivity index is 1.23. The van der Waals surface area contributed by atoms with Gasteiger partial charge in [0.1, 0.15) is 11.9 Å². The third kappa shape index (κ3) is 6.37. The first-order valence-corrected chi connectivity index (χ1v) is 14.4. The summed E-state index contributed by atoms with van der Waals surface area (Å²) in [4.78, 5) is 23.2. The number of hydrogen-bond acceptors (Lipinski definition) is 8. The van der Waals surface area contributed by atoms with Crippen LogP contribution in [0.25, 0.3) is 0 Å². The molecule has 1 aliphatic carbocycles. The molecule has 0 bridgehead atoms. The maximum Gasteiger partial charge on any atom is 0.304 e. The lowest BCUT2D eigenvalue weighted by Gasteiger charge is -2.33. The standard InChI is InChI=1S/C27H29F2N5O5S/c1-2-22(21-10-8-19(17-31-21)38-24-5-3-4-12-30-24)39-23-11-9-20(25(28)26(23)29)27(35)32-40(36,37)34-15-13-33(14-16-34)18-6-7-18/h3-5,8-12,17-18,22H,2,6-7,13-16H2,1H3,(H,32,35). The molecule has 1 saturated carbocycles. The van der Waals surface area contributed by atoms with Gasteiger partial charge in [0.05, 0.1) is 17.5 Å². The summed E-state index contributed by atoms with van der Waals surface area (Å²) in [6.07, 6.45) is 4.92. The molecule has 1 aromatic carbocycles. The normalized spacial score (nSPS) is 17.3. The summed E-state index contributed by atoms with van der Waals surface area (Å²) in [6, 6.07) is 11.1. The van der Waals surface area contributed by atoms with Gasteiger partial charge in [-0.05, 0) is 49.6 Å². The number of carbonyl (C=O) groups excluding carboxylic acids is 1. The Hall–Kier alpha value is -3.68. The molecule has 10 nitrogen and oxygen atoms in total. The van der Waals surface area contributed by atoms with Crippen LogP contribution < -0.4 is 14.2 Å². The first kappa shape index (κ1) is 27.9. The molecule has 2 fully saturated rings. The number of nitrogens with one attached hydrogen (secondary N) is 1. The number of hydrogen-bond donors (Lipinski definition) is 1. The van der Waals surface area contributed by atoms with E-state index in [9.17, 15) is 22.0 Å². The highest BCUT2D eigenvalue weighted by Crippen LogP contribution is 2.30. The van der Waals surface area contributed by atoms with E-state index >= 15 is 0 Å². The summed E-state index contributed by atoms with van der Waals surface area (Å²) in [7, 11) is -4.22. The highest BCUT2D eigenvalue weighted by molar-refractivity contribution is 7.87. The number of piperazine rings is 1. The van der Waals surface area contributed by atoms with E-state index in [2.05, 4.69) is 14.9 Å². The smallest absolute Gasteiger partial charge is 0.304 e. The SMILES string of the molecule is CCC(Oc1ccc(C(=O)NS(=O)(=O)N2CCN(C3CC3)CC2)c(F)c1F)c1ccc(Oc2ccccn2)cn1. The molecular formula is C27H29F2N5O5S. The number of halogens is 2. The van der Waals surface area contributed by atoms with Crippen molar-refractivity contribution in [2.24, 2.45) is 0 Å². The van der Waals surface area contributed by atoms with Crippen LogP contribution >= 0.6 is 0 Å². The van der Waals surface area contributed by atoms with Crippen LogP contribution in [0.2, 0.25) is 0 Å². The van der Waals surface area contributed by atoms with Crippen LogP contribution in [0.4, 0.5) is 8.78 Å². The number of amides is 1. The second-order valence-electron chi connectivity index (χ2n) is 9.55. The molecular weight excluding hydrogens is 544 g/mol. The van der Waals surface area contributed by atoms with Gasteiger partial charge in [0.25, 0.3) is 5.91 Å². The third-order valence-electron chi connectivity index (χ3n) is 6.78. The van der Waals surface area contributed by atoms with Gasteiger partial charge >= 0.3 is 10.2 Å². The van der Waals surface area contributed by atoms with Gasteiger partial charge in [-0.25, -0.2) is 14.1 Å². The number of rotatable bonds is 10. The Labute approximate surface area is 231 Å². The van der Waals surface area contributed by atoms with E-state index in [1.165, 1.54) is 6.20 Å². The lowest BCUT2D eigenvalue weighted by molar-refractivity contribution is 0.0971. The summed E-state index contributed by atoms with van der Waals surface area (Å²) in [5.74, 6) is -3.78. The van der Waals surface area contributed by atoms with Crippen molar-refractivity contribution < 1.29 is 31.5 Å². The summed E-state index contributed by atoms with van der Waals surface area (Å²) in [5, 5.41) is 0. The van der Waals surface area contributed by atoms with Gasteiger partial charge in [0.15, 0.2) is 11.6 Å². The van der Waals surface area contributed by atoms with Gasteiger partial charge in [0, 0.05) is 44.5 Å². The Morgan fingerprint density at radius 1 is 1.05 bits per heavy atom. The van der Waals surface area contributed by atoms with E-state index in [4.69, 9.17) is 9.47 Å². The molecule has 1 aliphatic heterocycles. The van der Waals surface area contributed by atoms with Crippen molar-refractivity contribution in [3.05, 3.63) is 77.8 Å². The molecule has 13 heteroatoms. The van der Waals surface area contributed by atoms with Crippen molar-refractivity contribution in [3.63, 3.8) is 0 Å². The van der Waals surface area contributed by atoms with Gasteiger partial charge in [0.2, 0.25) is 11.7 Å². The Kier molecular flexibility index (Phi) is 8.24. The van der Waals surface area contributed by atoms with Gasteiger partial charge in [-0.2, -0.15) is 17.1 Å². The molecule has 1 amide bonds. The first-order chi connectivity index (χ1) is 19.2. The highest BCUT2D eigenvalue weighted by Gasteiger charge is 2.35. The summed E-state index contributed by atoms with van der Waals surface area (Å²) in [5.41, 5.74) is -0.294. The van der Waals surface area contributed by atoms with Gasteiger partial charge in [-0.15, -0.1) is 0 Å². The molecule has 0 spiro atoms. The van der Waals surface area contributed by atoms with E-state index in [0.717, 1.165) is 29.3 Å². The topological polar surface area (TPSA) is 114 Å². The fourth-order valence-corrected chi connectivity index (χ4v) is 5.58. The van der Waals surface area contributed by atoms with Crippen LogP contribution in [-0.2, 0) is 10.2 Å². The molecule has 1 saturated heterocycles. The number of ether oxygens (including phenoxy) is 2. The molecule has 2 aromatic heterocycles. The van der Waals surface area contributed by atoms with Crippen molar-refractivity contribution in [1.82, 2.24) is 23.9 Å². The number of benzene rings is 1. The molecule has 40 heavy (non-hydrogen) atoms. The highest BCUT2D eigenvalue weighted by atomic mass is 32.2. The zero-order chi connectivity index (χ0) is 28.3. The molecule has 3 aromatic rings. The van der Waals surface area contributed by atoms with Crippen molar-refractivity contribution >= 4 is 16.1 Å². The minimum atomic E-state index is -4.22. The first-order valence-electron chi connectivity index (χ1n) is 13.0. The van der Waals surface area contributed by atoms with Crippen LogP contribution in [-0.4, -0.2) is 65.7 Å². The van der Waals surface area contributed by atoms with Crippen molar-refractivity contribution in [2.45, 2.75) is 38.3 Å². The van der Waals surface area contributed by atoms with Crippen LogP contribution in [0.5, 0.6) is 17.4 Å². The lowest BCUT2D eigenvalue weighted by Crippen LogP contribution is -2.53.